The van der Waals surface area contributed by atoms with Crippen molar-refractivity contribution in [1.82, 2.24) is 24.8 Å². The lowest BCUT2D eigenvalue weighted by molar-refractivity contribution is 0.446. The topological polar surface area (TPSA) is 55.0 Å². The van der Waals surface area contributed by atoms with Crippen LogP contribution in [0.25, 0.3) is 0 Å². The Bertz CT molecular complexity index is 1100. The van der Waals surface area contributed by atoms with Gasteiger partial charge in [0, 0.05) is 62.3 Å². The van der Waals surface area contributed by atoms with E-state index in [1.807, 2.05) is 0 Å². The molecule has 0 radical (unpaired) electrons. The number of benzene rings is 1. The van der Waals surface area contributed by atoms with E-state index in [4.69, 9.17) is 0 Å². The predicted octanol–water partition coefficient (Wildman–Crippen LogP) is 2.99. The molecule has 7 nitrogen and oxygen atoms in total. The summed E-state index contributed by atoms with van der Waals surface area (Å²) in [6, 6.07) is 1.06. The van der Waals surface area contributed by atoms with Crippen LogP contribution >= 0.6 is 0 Å². The van der Waals surface area contributed by atoms with Crippen LogP contribution in [-0.4, -0.2) is 31.3 Å². The third-order valence-corrected chi connectivity index (χ3v) is 5.68. The lowest BCUT2D eigenvalue weighted by Gasteiger charge is -2.25. The summed E-state index contributed by atoms with van der Waals surface area (Å²) in [5.74, 6) is -2.97. The largest absolute Gasteiger partial charge is 0.356 e. The molecule has 2 aliphatic rings. The first-order valence-corrected chi connectivity index (χ1v) is 9.64. The van der Waals surface area contributed by atoms with Crippen LogP contribution in [0.5, 0.6) is 0 Å². The van der Waals surface area contributed by atoms with Crippen molar-refractivity contribution >= 4 is 11.4 Å². The van der Waals surface area contributed by atoms with Gasteiger partial charge in [0.2, 0.25) is 0 Å². The first-order valence-electron chi connectivity index (χ1n) is 9.64. The average Bonchev–Trinajstić information content (AvgIpc) is 3.44. The molecular weight excluding hydrogens is 395 g/mol. The molecule has 0 saturated carbocycles. The highest BCUT2D eigenvalue weighted by atomic mass is 19.2. The molecule has 0 N–H and O–H groups in total. The highest BCUT2D eigenvalue weighted by molar-refractivity contribution is 5.63. The van der Waals surface area contributed by atoms with Gasteiger partial charge in [-0.3, -0.25) is 9.36 Å². The summed E-state index contributed by atoms with van der Waals surface area (Å²) in [6.45, 7) is 5.45. The second-order valence-corrected chi connectivity index (χ2v) is 7.86. The van der Waals surface area contributed by atoms with Crippen molar-refractivity contribution in [1.29, 1.82) is 0 Å². The van der Waals surface area contributed by atoms with Crippen LogP contribution in [0.1, 0.15) is 17.7 Å². The third kappa shape index (κ3) is 3.03. The molecule has 2 aromatic heterocycles. The number of halogens is 3. The number of aromatic nitrogens is 5. The summed E-state index contributed by atoms with van der Waals surface area (Å²) >= 11 is 0. The second kappa shape index (κ2) is 6.89. The normalized spacial score (nSPS) is 18.5. The predicted molar refractivity (Wildman–Crippen MR) is 104 cm³/mol. The molecule has 156 valence electrons. The molecule has 5 rings (SSSR count). The first kappa shape index (κ1) is 18.7. The summed E-state index contributed by atoms with van der Waals surface area (Å²) < 4.78 is 48.4. The molecular formula is C20H20F3N7. The molecule has 3 aromatic rings. The van der Waals surface area contributed by atoms with Crippen molar-refractivity contribution in [2.75, 3.05) is 16.3 Å². The van der Waals surface area contributed by atoms with Gasteiger partial charge in [0.1, 0.15) is 5.69 Å². The fraction of sp³-hybridized carbons (Fsp3) is 0.350. The van der Waals surface area contributed by atoms with Gasteiger partial charge in [0.05, 0.1) is 24.1 Å². The minimum absolute atomic E-state index is 0.0873. The molecule has 0 spiro atoms. The van der Waals surface area contributed by atoms with E-state index in [-0.39, 0.29) is 30.4 Å². The summed E-state index contributed by atoms with van der Waals surface area (Å²) in [7, 11) is 1.79. The van der Waals surface area contributed by atoms with Crippen molar-refractivity contribution < 1.29 is 13.2 Å². The molecule has 1 unspecified atom stereocenters. The van der Waals surface area contributed by atoms with Crippen LogP contribution in [-0.2, 0) is 26.7 Å². The Morgan fingerprint density at radius 2 is 2.03 bits per heavy atom. The van der Waals surface area contributed by atoms with Crippen LogP contribution in [0, 0.1) is 23.4 Å². The van der Waals surface area contributed by atoms with Crippen molar-refractivity contribution in [3.8, 4) is 0 Å². The van der Waals surface area contributed by atoms with Crippen molar-refractivity contribution in [3.05, 3.63) is 65.6 Å². The van der Waals surface area contributed by atoms with Crippen LogP contribution in [0.15, 0.2) is 36.9 Å². The van der Waals surface area contributed by atoms with E-state index in [1.54, 1.807) is 39.9 Å². The van der Waals surface area contributed by atoms with Crippen molar-refractivity contribution in [3.63, 3.8) is 0 Å². The first-order chi connectivity index (χ1) is 14.4. The zero-order chi connectivity index (χ0) is 21.0. The number of fused-ring (bicyclic) bond motifs is 1. The van der Waals surface area contributed by atoms with Gasteiger partial charge >= 0.3 is 0 Å². The fourth-order valence-corrected chi connectivity index (χ4v) is 4.39. The molecule has 1 saturated heterocycles. The third-order valence-electron chi connectivity index (χ3n) is 5.68. The van der Waals surface area contributed by atoms with Crippen LogP contribution in [0.2, 0.25) is 0 Å². The van der Waals surface area contributed by atoms with Crippen molar-refractivity contribution in [2.24, 2.45) is 13.0 Å². The number of hydrogen-bond donors (Lipinski definition) is 0. The number of aryl methyl sites for hydroxylation is 1. The summed E-state index contributed by atoms with van der Waals surface area (Å²) in [5, 5.41) is 12.0. The lowest BCUT2D eigenvalue weighted by Crippen LogP contribution is -2.24. The fourth-order valence-electron chi connectivity index (χ4n) is 4.39. The molecule has 1 aromatic carbocycles. The molecule has 30 heavy (non-hydrogen) atoms. The van der Waals surface area contributed by atoms with Gasteiger partial charge in [-0.25, -0.2) is 13.2 Å². The maximum atomic E-state index is 15.0. The lowest BCUT2D eigenvalue weighted by atomic mass is 10.1. The average molecular weight is 415 g/mol. The highest BCUT2D eigenvalue weighted by Gasteiger charge is 2.34. The molecule has 0 amide bonds. The van der Waals surface area contributed by atoms with Gasteiger partial charge < -0.3 is 9.80 Å². The minimum atomic E-state index is -1.19. The Morgan fingerprint density at radius 3 is 2.77 bits per heavy atom. The molecule has 4 heterocycles. The van der Waals surface area contributed by atoms with E-state index in [2.05, 4.69) is 22.0 Å². The number of rotatable bonds is 4. The van der Waals surface area contributed by atoms with Crippen LogP contribution < -0.4 is 9.80 Å². The van der Waals surface area contributed by atoms with Gasteiger partial charge in [-0.15, -0.1) is 5.10 Å². The molecule has 0 aliphatic carbocycles. The van der Waals surface area contributed by atoms with E-state index in [0.29, 0.717) is 25.2 Å². The zero-order valence-corrected chi connectivity index (χ0v) is 16.4. The Labute approximate surface area is 171 Å². The standard InChI is InChI=1S/C20H20F3N7/c1-12-5-13(7-29-4-3-24-26-29)8-30(12)17-6-15(21)20(19(23)18(17)22)28-10-14-9-27(2)25-16(14)11-28/h3-4,6,9,13H,1,5,7-8,10-11H2,2H3. The van der Waals surface area contributed by atoms with Crippen LogP contribution in [0.4, 0.5) is 24.5 Å². The number of allylic oxidation sites excluding steroid dienone is 1. The quantitative estimate of drug-likeness (QED) is 0.614. The smallest absolute Gasteiger partial charge is 0.187 e. The summed E-state index contributed by atoms with van der Waals surface area (Å²) in [4.78, 5) is 3.02. The Balaban J connectivity index is 1.41. The minimum Gasteiger partial charge on any atom is -0.356 e. The Hall–Kier alpha value is -3.30. The Kier molecular flexibility index (Phi) is 4.30. The summed E-state index contributed by atoms with van der Waals surface area (Å²) in [6.07, 6.45) is 5.71. The number of anilines is 2. The molecule has 1 atom stereocenters. The summed E-state index contributed by atoms with van der Waals surface area (Å²) in [5.41, 5.74) is 1.74. The monoisotopic (exact) mass is 415 g/mol. The van der Waals surface area contributed by atoms with Gasteiger partial charge in [0.15, 0.2) is 17.5 Å². The molecule has 0 bridgehead atoms. The maximum Gasteiger partial charge on any atom is 0.187 e. The molecule has 1 fully saturated rings. The maximum absolute atomic E-state index is 15.0. The second-order valence-electron chi connectivity index (χ2n) is 7.86. The van der Waals surface area contributed by atoms with Gasteiger partial charge in [-0.2, -0.15) is 5.10 Å². The van der Waals surface area contributed by atoms with Crippen LogP contribution in [0.3, 0.4) is 0 Å². The zero-order valence-electron chi connectivity index (χ0n) is 16.4. The van der Waals surface area contributed by atoms with E-state index in [1.165, 1.54) is 4.90 Å². The van der Waals surface area contributed by atoms with E-state index >= 15 is 8.78 Å². The highest BCUT2D eigenvalue weighted by Crippen LogP contribution is 2.39. The van der Waals surface area contributed by atoms with Gasteiger partial charge in [-0.05, 0) is 6.42 Å². The van der Waals surface area contributed by atoms with Crippen molar-refractivity contribution in [2.45, 2.75) is 26.1 Å². The van der Waals surface area contributed by atoms with E-state index in [0.717, 1.165) is 17.3 Å². The van der Waals surface area contributed by atoms with E-state index in [9.17, 15) is 4.39 Å². The van der Waals surface area contributed by atoms with Gasteiger partial charge in [-0.1, -0.05) is 11.8 Å². The number of nitrogens with zero attached hydrogens (tertiary/aromatic N) is 7. The SMILES string of the molecule is C=C1CC(Cn2ccnn2)CN1c1cc(F)c(N2Cc3cn(C)nc3C2)c(F)c1F. The van der Waals surface area contributed by atoms with E-state index < -0.39 is 17.5 Å². The van der Waals surface area contributed by atoms with Gasteiger partial charge in [0.25, 0.3) is 0 Å². The molecule has 10 heteroatoms. The number of hydrogen-bond acceptors (Lipinski definition) is 5. The molecule has 2 aliphatic heterocycles. The Morgan fingerprint density at radius 1 is 1.20 bits per heavy atom.